The molecule has 2 aromatic carbocycles. The van der Waals surface area contributed by atoms with Gasteiger partial charge in [0.1, 0.15) is 17.1 Å². The van der Waals surface area contributed by atoms with Crippen molar-refractivity contribution in [1.82, 2.24) is 5.32 Å². The van der Waals surface area contributed by atoms with E-state index in [2.05, 4.69) is 5.32 Å². The molecule has 3 aromatic rings. The molecule has 9 heteroatoms. The van der Waals surface area contributed by atoms with Crippen LogP contribution in [0.5, 0.6) is 0 Å². The lowest BCUT2D eigenvalue weighted by molar-refractivity contribution is -0.122. The van der Waals surface area contributed by atoms with Crippen LogP contribution in [-0.4, -0.2) is 29.9 Å². The fourth-order valence-corrected chi connectivity index (χ4v) is 3.50. The van der Waals surface area contributed by atoms with Crippen molar-refractivity contribution in [3.05, 3.63) is 82.6 Å². The van der Waals surface area contributed by atoms with Gasteiger partial charge in [-0.25, -0.2) is 14.5 Å². The van der Waals surface area contributed by atoms with Gasteiger partial charge >= 0.3 is 12.0 Å². The minimum Gasteiger partial charge on any atom is -0.459 e. The van der Waals surface area contributed by atoms with Gasteiger partial charge in [-0.2, -0.15) is 0 Å². The number of anilines is 1. The van der Waals surface area contributed by atoms with Gasteiger partial charge in [-0.3, -0.25) is 14.9 Å². The number of esters is 1. The number of benzene rings is 2. The van der Waals surface area contributed by atoms with Gasteiger partial charge in [-0.15, -0.1) is 0 Å². The van der Waals surface area contributed by atoms with Crippen molar-refractivity contribution in [2.45, 2.75) is 20.0 Å². The van der Waals surface area contributed by atoms with Crippen LogP contribution in [0.25, 0.3) is 17.4 Å². The summed E-state index contributed by atoms with van der Waals surface area (Å²) in [4.78, 5) is 50.8. The van der Waals surface area contributed by atoms with Crippen LogP contribution in [0.15, 0.2) is 70.7 Å². The van der Waals surface area contributed by atoms with Gasteiger partial charge in [-0.1, -0.05) is 29.8 Å². The summed E-state index contributed by atoms with van der Waals surface area (Å²) in [6.45, 7) is 3.47. The van der Waals surface area contributed by atoms with Crippen molar-refractivity contribution in [3.8, 4) is 11.3 Å². The molecular formula is C25H19ClN2O6. The maximum Gasteiger partial charge on any atom is 0.339 e. The van der Waals surface area contributed by atoms with E-state index in [0.717, 1.165) is 4.90 Å². The standard InChI is InChI=1S/C25H19ClN2O6/c1-14(2)33-24(31)18-12-15(8-10-20(18)26)21-11-9-17(34-21)13-19-22(29)27-25(32)28(23(19)30)16-6-4-3-5-7-16/h3-14H,1-2H3,(H,27,29,32). The first-order chi connectivity index (χ1) is 16.2. The molecule has 172 valence electrons. The summed E-state index contributed by atoms with van der Waals surface area (Å²) in [6.07, 6.45) is 0.948. The number of hydrogen-bond donors (Lipinski definition) is 1. The molecule has 4 amide bonds. The number of halogens is 1. The number of furan rings is 1. The Morgan fingerprint density at radius 2 is 1.79 bits per heavy atom. The second-order valence-electron chi connectivity index (χ2n) is 7.64. The Kier molecular flexibility index (Phi) is 6.34. The highest BCUT2D eigenvalue weighted by molar-refractivity contribution is 6.39. The van der Waals surface area contributed by atoms with Gasteiger partial charge in [0.15, 0.2) is 0 Å². The van der Waals surface area contributed by atoms with E-state index < -0.39 is 23.8 Å². The quantitative estimate of drug-likeness (QED) is 0.320. The summed E-state index contributed by atoms with van der Waals surface area (Å²) in [5.41, 5.74) is 0.792. The van der Waals surface area contributed by atoms with E-state index in [4.69, 9.17) is 20.8 Å². The van der Waals surface area contributed by atoms with Crippen LogP contribution in [0.1, 0.15) is 30.0 Å². The Labute approximate surface area is 199 Å². The van der Waals surface area contributed by atoms with Crippen molar-refractivity contribution in [1.29, 1.82) is 0 Å². The average molecular weight is 479 g/mol. The van der Waals surface area contributed by atoms with E-state index >= 15 is 0 Å². The number of nitrogens with zero attached hydrogens (tertiary/aromatic N) is 1. The van der Waals surface area contributed by atoms with E-state index in [1.165, 1.54) is 12.1 Å². The van der Waals surface area contributed by atoms with Crippen molar-refractivity contribution in [3.63, 3.8) is 0 Å². The van der Waals surface area contributed by atoms with Gasteiger partial charge in [-0.05, 0) is 62.4 Å². The Bertz CT molecular complexity index is 1330. The highest BCUT2D eigenvalue weighted by atomic mass is 35.5. The van der Waals surface area contributed by atoms with Crippen molar-refractivity contribution in [2.24, 2.45) is 0 Å². The number of nitrogens with one attached hydrogen (secondary N) is 1. The maximum atomic E-state index is 12.9. The lowest BCUT2D eigenvalue weighted by Crippen LogP contribution is -2.54. The molecule has 1 N–H and O–H groups in total. The topological polar surface area (TPSA) is 106 Å². The zero-order chi connectivity index (χ0) is 24.4. The molecule has 1 aromatic heterocycles. The first-order valence-electron chi connectivity index (χ1n) is 10.3. The molecule has 0 unspecified atom stereocenters. The van der Waals surface area contributed by atoms with Crippen molar-refractivity contribution < 1.29 is 28.3 Å². The van der Waals surface area contributed by atoms with Crippen LogP contribution >= 0.6 is 11.6 Å². The molecule has 0 aliphatic carbocycles. The first kappa shape index (κ1) is 23.0. The first-order valence-corrected chi connectivity index (χ1v) is 10.7. The van der Waals surface area contributed by atoms with Crippen molar-refractivity contribution >= 4 is 47.2 Å². The number of hydrogen-bond acceptors (Lipinski definition) is 6. The molecule has 0 spiro atoms. The van der Waals surface area contributed by atoms with Gasteiger partial charge in [0.2, 0.25) is 0 Å². The second kappa shape index (κ2) is 9.36. The molecule has 0 radical (unpaired) electrons. The van der Waals surface area contributed by atoms with E-state index in [1.807, 2.05) is 0 Å². The molecule has 1 aliphatic heterocycles. The third kappa shape index (κ3) is 4.62. The molecule has 2 heterocycles. The third-order valence-corrected chi connectivity index (χ3v) is 5.17. The highest BCUT2D eigenvalue weighted by Crippen LogP contribution is 2.29. The van der Waals surface area contributed by atoms with Crippen LogP contribution < -0.4 is 10.2 Å². The number of carbonyl (C=O) groups excluding carboxylic acids is 4. The number of ether oxygens (including phenoxy) is 1. The predicted molar refractivity (Wildman–Crippen MR) is 125 cm³/mol. The number of amides is 4. The van der Waals surface area contributed by atoms with Gasteiger partial charge in [0.25, 0.3) is 11.8 Å². The second-order valence-corrected chi connectivity index (χ2v) is 8.05. The largest absolute Gasteiger partial charge is 0.459 e. The van der Waals surface area contributed by atoms with Crippen LogP contribution in [0, 0.1) is 0 Å². The van der Waals surface area contributed by atoms with Crippen molar-refractivity contribution in [2.75, 3.05) is 4.90 Å². The zero-order valence-corrected chi connectivity index (χ0v) is 19.0. The van der Waals surface area contributed by atoms with Gasteiger partial charge in [0, 0.05) is 5.56 Å². The number of imide groups is 2. The number of urea groups is 1. The fourth-order valence-electron chi connectivity index (χ4n) is 3.31. The normalized spacial score (nSPS) is 15.1. The van der Waals surface area contributed by atoms with Crippen LogP contribution in [0.3, 0.4) is 0 Å². The SMILES string of the molecule is CC(C)OC(=O)c1cc(-c2ccc(C=C3C(=O)NC(=O)N(c4ccccc4)C3=O)o2)ccc1Cl. The lowest BCUT2D eigenvalue weighted by Gasteiger charge is -2.26. The van der Waals surface area contributed by atoms with E-state index in [0.29, 0.717) is 17.0 Å². The predicted octanol–water partition coefficient (Wildman–Crippen LogP) is 4.83. The highest BCUT2D eigenvalue weighted by Gasteiger charge is 2.37. The monoisotopic (exact) mass is 478 g/mol. The average Bonchev–Trinajstić information content (AvgIpc) is 3.26. The number of para-hydroxylation sites is 1. The molecule has 8 nitrogen and oxygen atoms in total. The molecule has 34 heavy (non-hydrogen) atoms. The molecule has 1 fully saturated rings. The molecule has 0 atom stereocenters. The van der Waals surface area contributed by atoms with Crippen LogP contribution in [0.4, 0.5) is 10.5 Å². The molecule has 0 bridgehead atoms. The minimum absolute atomic E-state index is 0.183. The van der Waals surface area contributed by atoms with E-state index in [9.17, 15) is 19.2 Å². The number of barbiturate groups is 1. The van der Waals surface area contributed by atoms with Crippen LogP contribution in [-0.2, 0) is 14.3 Å². The zero-order valence-electron chi connectivity index (χ0n) is 18.2. The lowest BCUT2D eigenvalue weighted by atomic mass is 10.1. The Morgan fingerprint density at radius 3 is 2.50 bits per heavy atom. The Hall–Kier alpha value is -4.17. The van der Waals surface area contributed by atoms with Gasteiger partial charge in [0.05, 0.1) is 22.4 Å². The maximum absolute atomic E-state index is 12.9. The summed E-state index contributed by atoms with van der Waals surface area (Å²) in [7, 11) is 0. The Morgan fingerprint density at radius 1 is 1.06 bits per heavy atom. The molecule has 0 saturated carbocycles. The molecule has 1 saturated heterocycles. The van der Waals surface area contributed by atoms with E-state index in [1.54, 1.807) is 68.4 Å². The summed E-state index contributed by atoms with van der Waals surface area (Å²) in [6, 6.07) is 15.4. The minimum atomic E-state index is -0.833. The van der Waals surface area contributed by atoms with E-state index in [-0.39, 0.29) is 28.0 Å². The third-order valence-electron chi connectivity index (χ3n) is 4.84. The number of rotatable bonds is 5. The number of carbonyl (C=O) groups is 4. The van der Waals surface area contributed by atoms with Gasteiger partial charge < -0.3 is 9.15 Å². The summed E-state index contributed by atoms with van der Waals surface area (Å²) in [5, 5.41) is 2.39. The smallest absolute Gasteiger partial charge is 0.339 e. The Balaban J connectivity index is 1.64. The summed E-state index contributed by atoms with van der Waals surface area (Å²) >= 11 is 6.15. The summed E-state index contributed by atoms with van der Waals surface area (Å²) < 4.78 is 11.0. The summed E-state index contributed by atoms with van der Waals surface area (Å²) in [5.74, 6) is -1.58. The molecular weight excluding hydrogens is 460 g/mol. The fraction of sp³-hybridized carbons (Fsp3) is 0.120. The van der Waals surface area contributed by atoms with Crippen LogP contribution in [0.2, 0.25) is 5.02 Å². The molecule has 4 rings (SSSR count). The molecule has 1 aliphatic rings.